The van der Waals surface area contributed by atoms with Gasteiger partial charge in [0.1, 0.15) is 11.6 Å². The van der Waals surface area contributed by atoms with E-state index in [2.05, 4.69) is 31.3 Å². The number of allylic oxidation sites excluding steroid dienone is 1. The standard InChI is InChI=1S/C21H25N5OS/c1-3-13-26-19(15-9-5-4-6-10-15)24-25-21(26)28-14(2)18-22-17-12-8-7-11-16(17)20(27)23-18/h3,7-8,11-12,14-15H,1,4-6,9-10,13H2,2H3,(H,22,23,27). The third-order valence-corrected chi connectivity index (χ3v) is 6.42. The minimum Gasteiger partial charge on any atom is -0.309 e. The van der Waals surface area contributed by atoms with Crippen molar-refractivity contribution in [3.05, 3.63) is 58.9 Å². The summed E-state index contributed by atoms with van der Waals surface area (Å²) in [4.78, 5) is 20.0. The summed E-state index contributed by atoms with van der Waals surface area (Å²) in [5, 5.41) is 10.4. The maximum atomic E-state index is 12.4. The second-order valence-corrected chi connectivity index (χ2v) is 8.61. The molecule has 2 aromatic heterocycles. The first-order chi connectivity index (χ1) is 13.7. The predicted molar refractivity (Wildman–Crippen MR) is 113 cm³/mol. The third kappa shape index (κ3) is 3.76. The minimum atomic E-state index is -0.108. The van der Waals surface area contributed by atoms with Crippen LogP contribution < -0.4 is 5.56 Å². The molecule has 1 fully saturated rings. The topological polar surface area (TPSA) is 76.5 Å². The quantitative estimate of drug-likeness (QED) is 0.487. The number of rotatable bonds is 6. The monoisotopic (exact) mass is 395 g/mol. The average molecular weight is 396 g/mol. The van der Waals surface area contributed by atoms with E-state index in [1.54, 1.807) is 17.8 Å². The second kappa shape index (κ2) is 8.31. The Balaban J connectivity index is 1.62. The zero-order valence-electron chi connectivity index (χ0n) is 16.1. The fraction of sp³-hybridized carbons (Fsp3) is 0.429. The molecule has 1 saturated carbocycles. The van der Waals surface area contributed by atoms with Crippen molar-refractivity contribution in [1.82, 2.24) is 24.7 Å². The molecular weight excluding hydrogens is 370 g/mol. The molecule has 7 heteroatoms. The molecule has 0 bridgehead atoms. The number of nitrogens with one attached hydrogen (secondary N) is 1. The van der Waals surface area contributed by atoms with Crippen LogP contribution in [0, 0.1) is 0 Å². The van der Waals surface area contributed by atoms with E-state index in [-0.39, 0.29) is 10.8 Å². The molecule has 4 rings (SSSR count). The van der Waals surface area contributed by atoms with Crippen molar-refractivity contribution >= 4 is 22.7 Å². The number of fused-ring (bicyclic) bond motifs is 1. The summed E-state index contributed by atoms with van der Waals surface area (Å²) >= 11 is 1.57. The van der Waals surface area contributed by atoms with E-state index >= 15 is 0 Å². The molecule has 0 amide bonds. The highest BCUT2D eigenvalue weighted by Gasteiger charge is 2.24. The van der Waals surface area contributed by atoms with Crippen molar-refractivity contribution in [2.24, 2.45) is 0 Å². The van der Waals surface area contributed by atoms with Gasteiger partial charge < -0.3 is 9.55 Å². The Bertz CT molecular complexity index is 1030. The largest absolute Gasteiger partial charge is 0.309 e. The summed E-state index contributed by atoms with van der Waals surface area (Å²) in [5.41, 5.74) is 0.604. The number of para-hydroxylation sites is 1. The lowest BCUT2D eigenvalue weighted by Crippen LogP contribution is -2.14. The maximum Gasteiger partial charge on any atom is 0.258 e. The van der Waals surface area contributed by atoms with Gasteiger partial charge in [0.15, 0.2) is 5.16 Å². The number of nitrogens with zero attached hydrogens (tertiary/aromatic N) is 4. The lowest BCUT2D eigenvalue weighted by atomic mass is 9.89. The predicted octanol–water partition coefficient (Wildman–Crippen LogP) is 4.60. The van der Waals surface area contributed by atoms with Crippen LogP contribution in [0.4, 0.5) is 0 Å². The van der Waals surface area contributed by atoms with E-state index < -0.39 is 0 Å². The molecule has 1 aliphatic rings. The number of thioether (sulfide) groups is 1. The van der Waals surface area contributed by atoms with Crippen LogP contribution >= 0.6 is 11.8 Å². The summed E-state index contributed by atoms with van der Waals surface area (Å²) in [6, 6.07) is 7.40. The van der Waals surface area contributed by atoms with E-state index in [0.717, 1.165) is 11.0 Å². The molecule has 6 nitrogen and oxygen atoms in total. The molecule has 1 aliphatic carbocycles. The molecule has 0 aliphatic heterocycles. The van der Waals surface area contributed by atoms with Crippen molar-refractivity contribution in [2.75, 3.05) is 0 Å². The van der Waals surface area contributed by atoms with Crippen LogP contribution in [0.2, 0.25) is 0 Å². The molecule has 0 radical (unpaired) electrons. The molecule has 1 unspecified atom stereocenters. The minimum absolute atomic E-state index is 0.0516. The van der Waals surface area contributed by atoms with Gasteiger partial charge in [0, 0.05) is 12.5 Å². The molecule has 28 heavy (non-hydrogen) atoms. The number of hydrogen-bond acceptors (Lipinski definition) is 5. The molecule has 1 N–H and O–H groups in total. The molecule has 146 valence electrons. The van der Waals surface area contributed by atoms with E-state index in [4.69, 9.17) is 0 Å². The summed E-state index contributed by atoms with van der Waals surface area (Å²) < 4.78 is 2.17. The normalized spacial score (nSPS) is 16.3. The molecule has 3 aromatic rings. The van der Waals surface area contributed by atoms with E-state index in [1.165, 1.54) is 32.1 Å². The Hall–Kier alpha value is -2.41. The Kier molecular flexibility index (Phi) is 5.62. The van der Waals surface area contributed by atoms with Crippen LogP contribution in [0.15, 0.2) is 46.9 Å². The highest BCUT2D eigenvalue weighted by Crippen LogP contribution is 2.36. The van der Waals surface area contributed by atoms with E-state index in [1.807, 2.05) is 31.2 Å². The van der Waals surface area contributed by atoms with Gasteiger partial charge in [-0.25, -0.2) is 4.98 Å². The van der Waals surface area contributed by atoms with Gasteiger partial charge in [-0.1, -0.05) is 49.2 Å². The Labute approximate surface area is 168 Å². The fourth-order valence-electron chi connectivity index (χ4n) is 3.86. The zero-order valence-corrected chi connectivity index (χ0v) is 16.9. The number of aromatic amines is 1. The highest BCUT2D eigenvalue weighted by molar-refractivity contribution is 7.99. The van der Waals surface area contributed by atoms with Crippen LogP contribution in [0.25, 0.3) is 10.9 Å². The van der Waals surface area contributed by atoms with Gasteiger partial charge in [-0.15, -0.1) is 16.8 Å². The zero-order chi connectivity index (χ0) is 19.5. The molecular formula is C21H25N5OS. The highest BCUT2D eigenvalue weighted by atomic mass is 32.2. The maximum absolute atomic E-state index is 12.4. The van der Waals surface area contributed by atoms with Crippen LogP contribution in [-0.2, 0) is 6.54 Å². The fourth-order valence-corrected chi connectivity index (χ4v) is 4.78. The van der Waals surface area contributed by atoms with Gasteiger partial charge in [0.05, 0.1) is 16.2 Å². The summed E-state index contributed by atoms with van der Waals surface area (Å²) in [7, 11) is 0. The molecule has 0 spiro atoms. The summed E-state index contributed by atoms with van der Waals surface area (Å²) in [5.74, 6) is 2.19. The van der Waals surface area contributed by atoms with Crippen molar-refractivity contribution in [1.29, 1.82) is 0 Å². The smallest absolute Gasteiger partial charge is 0.258 e. The van der Waals surface area contributed by atoms with Crippen molar-refractivity contribution in [3.63, 3.8) is 0 Å². The first-order valence-corrected chi connectivity index (χ1v) is 10.7. The van der Waals surface area contributed by atoms with Crippen LogP contribution in [-0.4, -0.2) is 24.7 Å². The molecule has 1 atom stereocenters. The van der Waals surface area contributed by atoms with Crippen LogP contribution in [0.1, 0.15) is 61.8 Å². The number of aromatic nitrogens is 5. The Morgan fingerprint density at radius 3 is 2.86 bits per heavy atom. The first-order valence-electron chi connectivity index (χ1n) is 9.87. The van der Waals surface area contributed by atoms with Crippen LogP contribution in [0.3, 0.4) is 0 Å². The first kappa shape index (κ1) is 18.9. The number of hydrogen-bond donors (Lipinski definition) is 1. The number of benzene rings is 1. The van der Waals surface area contributed by atoms with Crippen molar-refractivity contribution in [3.8, 4) is 0 Å². The lowest BCUT2D eigenvalue weighted by Gasteiger charge is -2.21. The molecule has 2 heterocycles. The van der Waals surface area contributed by atoms with Gasteiger partial charge in [-0.05, 0) is 31.9 Å². The second-order valence-electron chi connectivity index (χ2n) is 7.30. The van der Waals surface area contributed by atoms with Gasteiger partial charge in [-0.3, -0.25) is 4.79 Å². The number of H-pyrrole nitrogens is 1. The van der Waals surface area contributed by atoms with Gasteiger partial charge in [0.25, 0.3) is 5.56 Å². The average Bonchev–Trinajstić information content (AvgIpc) is 3.11. The summed E-state index contributed by atoms with van der Waals surface area (Å²) in [6.45, 7) is 6.62. The Morgan fingerprint density at radius 1 is 1.29 bits per heavy atom. The Morgan fingerprint density at radius 2 is 2.07 bits per heavy atom. The van der Waals surface area contributed by atoms with Gasteiger partial charge in [0.2, 0.25) is 0 Å². The van der Waals surface area contributed by atoms with E-state index in [9.17, 15) is 4.79 Å². The molecule has 0 saturated heterocycles. The van der Waals surface area contributed by atoms with Crippen molar-refractivity contribution in [2.45, 2.75) is 61.9 Å². The van der Waals surface area contributed by atoms with Gasteiger partial charge in [-0.2, -0.15) is 0 Å². The van der Waals surface area contributed by atoms with Crippen molar-refractivity contribution < 1.29 is 0 Å². The summed E-state index contributed by atoms with van der Waals surface area (Å²) in [6.07, 6.45) is 8.07. The SMILES string of the molecule is C=CCn1c(SC(C)c2nc3ccccc3c(=O)[nH]2)nnc1C1CCCCC1. The third-order valence-electron chi connectivity index (χ3n) is 5.33. The van der Waals surface area contributed by atoms with E-state index in [0.29, 0.717) is 29.2 Å². The van der Waals surface area contributed by atoms with Crippen LogP contribution in [0.5, 0.6) is 0 Å². The molecule has 1 aromatic carbocycles. The van der Waals surface area contributed by atoms with Gasteiger partial charge >= 0.3 is 0 Å². The lowest BCUT2D eigenvalue weighted by molar-refractivity contribution is 0.415.